The first-order chi connectivity index (χ1) is 9.90. The molecule has 0 radical (unpaired) electrons. The predicted octanol–water partition coefficient (Wildman–Crippen LogP) is 3.59. The average molecular weight is 312 g/mol. The van der Waals surface area contributed by atoms with Crippen LogP contribution in [-0.4, -0.2) is 24.7 Å². The van der Waals surface area contributed by atoms with Crippen LogP contribution in [0.15, 0.2) is 0 Å². The van der Waals surface area contributed by atoms with Crippen molar-refractivity contribution in [2.45, 2.75) is 70.7 Å². The molecule has 1 saturated carbocycles. The number of aromatic nitrogens is 1. The van der Waals surface area contributed by atoms with Gasteiger partial charge in [0.05, 0.1) is 12.3 Å². The fourth-order valence-corrected chi connectivity index (χ4v) is 3.99. The molecule has 1 N–H and O–H groups in total. The van der Waals surface area contributed by atoms with Crippen LogP contribution in [0.1, 0.15) is 62.0 Å². The zero-order chi connectivity index (χ0) is 15.5. The Kier molecular flexibility index (Phi) is 5.41. The van der Waals surface area contributed by atoms with E-state index in [0.29, 0.717) is 6.61 Å². The smallest absolute Gasteiger partial charge is 0.125 e. The van der Waals surface area contributed by atoms with Crippen molar-refractivity contribution in [1.29, 1.82) is 0 Å². The average Bonchev–Trinajstić information content (AvgIpc) is 3.03. The van der Waals surface area contributed by atoms with Gasteiger partial charge in [-0.25, -0.2) is 4.98 Å². The van der Waals surface area contributed by atoms with Crippen molar-refractivity contribution in [2.75, 3.05) is 14.2 Å². The first kappa shape index (κ1) is 16.9. The predicted molar refractivity (Wildman–Crippen MR) is 86.6 cm³/mol. The molecule has 1 aliphatic carbocycles. The Balaban J connectivity index is 2.23. The van der Waals surface area contributed by atoms with Crippen molar-refractivity contribution in [3.05, 3.63) is 15.6 Å². The zero-order valence-corrected chi connectivity index (χ0v) is 14.7. The van der Waals surface area contributed by atoms with Crippen molar-refractivity contribution in [3.8, 4) is 0 Å². The van der Waals surface area contributed by atoms with Crippen molar-refractivity contribution in [3.63, 3.8) is 0 Å². The summed E-state index contributed by atoms with van der Waals surface area (Å²) in [7, 11) is 3.54. The maximum absolute atomic E-state index is 5.86. The summed E-state index contributed by atoms with van der Waals surface area (Å²) in [6, 6.07) is 0. The van der Waals surface area contributed by atoms with E-state index >= 15 is 0 Å². The molecule has 0 amide bonds. The number of hydrogen-bond acceptors (Lipinski definition) is 5. The second kappa shape index (κ2) is 6.73. The summed E-state index contributed by atoms with van der Waals surface area (Å²) in [5.74, 6) is 0. The Bertz CT molecular complexity index is 459. The van der Waals surface area contributed by atoms with Gasteiger partial charge in [-0.15, -0.1) is 11.3 Å². The fraction of sp³-hybridized carbons (Fsp3) is 0.812. The third kappa shape index (κ3) is 4.03. The Labute approximate surface area is 132 Å². The number of rotatable bonds is 6. The Morgan fingerprint density at radius 2 is 1.90 bits per heavy atom. The molecule has 0 atom stereocenters. The summed E-state index contributed by atoms with van der Waals surface area (Å²) in [6.45, 7) is 7.94. The molecule has 0 aromatic carbocycles. The molecular weight excluding hydrogens is 284 g/mol. The summed E-state index contributed by atoms with van der Waals surface area (Å²) in [5.41, 5.74) is 0.992. The number of ether oxygens (including phenoxy) is 2. The van der Waals surface area contributed by atoms with E-state index in [1.807, 2.05) is 7.11 Å². The summed E-state index contributed by atoms with van der Waals surface area (Å²) in [5, 5.41) is 4.67. The van der Waals surface area contributed by atoms with Gasteiger partial charge >= 0.3 is 0 Å². The normalized spacial score (nSPS) is 18.3. The Morgan fingerprint density at radius 3 is 2.43 bits per heavy atom. The lowest BCUT2D eigenvalue weighted by atomic mass is 10.0. The van der Waals surface area contributed by atoms with Crippen molar-refractivity contribution >= 4 is 11.3 Å². The third-order valence-electron chi connectivity index (χ3n) is 4.03. The van der Waals surface area contributed by atoms with Gasteiger partial charge in [-0.2, -0.15) is 0 Å². The number of nitrogens with zero attached hydrogens (tertiary/aromatic N) is 1. The molecule has 1 aromatic heterocycles. The minimum atomic E-state index is -0.160. The molecule has 0 aliphatic heterocycles. The molecule has 0 bridgehead atoms. The van der Waals surface area contributed by atoms with E-state index in [0.717, 1.165) is 30.1 Å². The van der Waals surface area contributed by atoms with E-state index in [1.165, 1.54) is 17.7 Å². The quantitative estimate of drug-likeness (QED) is 0.871. The second-order valence-corrected chi connectivity index (χ2v) is 7.91. The molecule has 1 fully saturated rings. The highest BCUT2D eigenvalue weighted by molar-refractivity contribution is 7.11. The van der Waals surface area contributed by atoms with Gasteiger partial charge in [0.25, 0.3) is 0 Å². The molecule has 2 rings (SSSR count). The van der Waals surface area contributed by atoms with Crippen LogP contribution in [0.2, 0.25) is 0 Å². The van der Waals surface area contributed by atoms with Gasteiger partial charge in [0, 0.05) is 31.2 Å². The summed E-state index contributed by atoms with van der Waals surface area (Å²) < 4.78 is 11.2. The monoisotopic (exact) mass is 312 g/mol. The van der Waals surface area contributed by atoms with E-state index in [1.54, 1.807) is 18.4 Å². The topological polar surface area (TPSA) is 43.4 Å². The van der Waals surface area contributed by atoms with E-state index < -0.39 is 0 Å². The highest BCUT2D eigenvalue weighted by atomic mass is 32.1. The summed E-state index contributed by atoms with van der Waals surface area (Å²) in [4.78, 5) is 6.12. The molecule has 0 unspecified atom stereocenters. The summed E-state index contributed by atoms with van der Waals surface area (Å²) in [6.07, 6.45) is 4.61. The van der Waals surface area contributed by atoms with E-state index in [-0.39, 0.29) is 11.1 Å². The lowest BCUT2D eigenvalue weighted by Gasteiger charge is -2.24. The molecule has 1 aliphatic rings. The van der Waals surface area contributed by atoms with Crippen LogP contribution in [0.25, 0.3) is 0 Å². The molecule has 4 nitrogen and oxygen atoms in total. The van der Waals surface area contributed by atoms with Crippen LogP contribution in [0.4, 0.5) is 0 Å². The van der Waals surface area contributed by atoms with Gasteiger partial charge in [-0.1, -0.05) is 12.8 Å². The van der Waals surface area contributed by atoms with Gasteiger partial charge in [0.15, 0.2) is 0 Å². The van der Waals surface area contributed by atoms with Gasteiger partial charge in [0.1, 0.15) is 10.6 Å². The molecule has 120 valence electrons. The van der Waals surface area contributed by atoms with E-state index in [2.05, 4.69) is 26.1 Å². The first-order valence-corrected chi connectivity index (χ1v) is 8.50. The maximum Gasteiger partial charge on any atom is 0.125 e. The largest absolute Gasteiger partial charge is 0.378 e. The molecule has 1 heterocycles. The molecule has 0 spiro atoms. The van der Waals surface area contributed by atoms with Crippen LogP contribution in [-0.2, 0) is 28.2 Å². The van der Waals surface area contributed by atoms with Crippen LogP contribution >= 0.6 is 11.3 Å². The Morgan fingerprint density at radius 1 is 1.24 bits per heavy atom. The zero-order valence-electron chi connectivity index (χ0n) is 13.9. The van der Waals surface area contributed by atoms with Crippen LogP contribution < -0.4 is 5.32 Å². The van der Waals surface area contributed by atoms with Gasteiger partial charge in [-0.05, 0) is 33.6 Å². The fourth-order valence-electron chi connectivity index (χ4n) is 2.76. The molecular formula is C16H28N2O2S. The maximum atomic E-state index is 5.86. The minimum Gasteiger partial charge on any atom is -0.378 e. The van der Waals surface area contributed by atoms with E-state index in [9.17, 15) is 0 Å². The van der Waals surface area contributed by atoms with Crippen molar-refractivity contribution in [2.24, 2.45) is 0 Å². The minimum absolute atomic E-state index is 0.0980. The third-order valence-corrected chi connectivity index (χ3v) is 5.31. The number of thiazole rings is 1. The van der Waals surface area contributed by atoms with Crippen LogP contribution in [0.3, 0.4) is 0 Å². The van der Waals surface area contributed by atoms with E-state index in [4.69, 9.17) is 14.5 Å². The lowest BCUT2D eigenvalue weighted by Crippen LogP contribution is -2.35. The van der Waals surface area contributed by atoms with Gasteiger partial charge < -0.3 is 14.8 Å². The molecule has 1 aromatic rings. The highest BCUT2D eigenvalue weighted by Crippen LogP contribution is 2.43. The molecule has 0 saturated heterocycles. The van der Waals surface area contributed by atoms with Crippen molar-refractivity contribution < 1.29 is 9.47 Å². The number of methoxy groups -OCH3 is 2. The Hall–Kier alpha value is -0.490. The van der Waals surface area contributed by atoms with Crippen LogP contribution in [0.5, 0.6) is 0 Å². The van der Waals surface area contributed by atoms with Gasteiger partial charge in [-0.3, -0.25) is 0 Å². The first-order valence-electron chi connectivity index (χ1n) is 7.68. The number of hydrogen-bond donors (Lipinski definition) is 1. The SMILES string of the molecule is COCc1nc(C2(OC)CCCC2)sc1CNC(C)(C)C. The number of nitrogens with one attached hydrogen (secondary N) is 1. The van der Waals surface area contributed by atoms with Crippen molar-refractivity contribution in [1.82, 2.24) is 10.3 Å². The molecule has 21 heavy (non-hydrogen) atoms. The van der Waals surface area contributed by atoms with Gasteiger partial charge in [0.2, 0.25) is 0 Å². The standard InChI is InChI=1S/C16H28N2O2S/c1-15(2,3)17-10-13-12(11-19-4)18-14(21-13)16(20-5)8-6-7-9-16/h17H,6-11H2,1-5H3. The summed E-state index contributed by atoms with van der Waals surface area (Å²) >= 11 is 1.78. The highest BCUT2D eigenvalue weighted by Gasteiger charge is 2.39. The van der Waals surface area contributed by atoms with Crippen LogP contribution in [0, 0.1) is 0 Å². The lowest BCUT2D eigenvalue weighted by molar-refractivity contribution is -0.00911. The second-order valence-electron chi connectivity index (χ2n) is 6.83. The molecule has 5 heteroatoms.